The second kappa shape index (κ2) is 9.75. The van der Waals surface area contributed by atoms with Crippen LogP contribution in [-0.4, -0.2) is 29.6 Å². The average Bonchev–Trinajstić information content (AvgIpc) is 2.45. The summed E-state index contributed by atoms with van der Waals surface area (Å²) in [7, 11) is 0. The zero-order valence-corrected chi connectivity index (χ0v) is 12.3. The van der Waals surface area contributed by atoms with Gasteiger partial charge in [0.1, 0.15) is 6.04 Å². The predicted molar refractivity (Wildman–Crippen MR) is 78.3 cm³/mol. The Labute approximate surface area is 121 Å². The van der Waals surface area contributed by atoms with Crippen LogP contribution < -0.4 is 11.1 Å². The van der Waals surface area contributed by atoms with Crippen LogP contribution in [0.15, 0.2) is 0 Å². The Morgan fingerprint density at radius 2 is 1.90 bits per heavy atom. The quantitative estimate of drug-likeness (QED) is 0.565. The maximum Gasteiger partial charge on any atom is 0.326 e. The first-order chi connectivity index (χ1) is 9.63. The third-order valence-corrected chi connectivity index (χ3v) is 4.08. The summed E-state index contributed by atoms with van der Waals surface area (Å²) >= 11 is 0. The number of carboxylic acid groups (broad SMARTS) is 1. The molecule has 0 aromatic heterocycles. The molecule has 1 amide bonds. The molecule has 0 spiro atoms. The monoisotopic (exact) mass is 284 g/mol. The van der Waals surface area contributed by atoms with E-state index < -0.39 is 12.0 Å². The van der Waals surface area contributed by atoms with Crippen molar-refractivity contribution in [3.63, 3.8) is 0 Å². The number of carbonyl (C=O) groups is 2. The molecule has 0 aromatic carbocycles. The van der Waals surface area contributed by atoms with Gasteiger partial charge in [0.15, 0.2) is 0 Å². The van der Waals surface area contributed by atoms with Crippen molar-refractivity contribution in [2.24, 2.45) is 11.7 Å². The highest BCUT2D eigenvalue weighted by atomic mass is 16.4. The molecule has 0 bridgehead atoms. The van der Waals surface area contributed by atoms with E-state index in [1.54, 1.807) is 0 Å². The summed E-state index contributed by atoms with van der Waals surface area (Å²) in [6, 6.07) is -0.764. The number of hydrogen-bond acceptors (Lipinski definition) is 3. The molecule has 0 radical (unpaired) electrons. The first-order valence-electron chi connectivity index (χ1n) is 7.85. The summed E-state index contributed by atoms with van der Waals surface area (Å²) in [5.41, 5.74) is 5.39. The molecule has 0 unspecified atom stereocenters. The number of nitrogens with one attached hydrogen (secondary N) is 1. The van der Waals surface area contributed by atoms with E-state index in [4.69, 9.17) is 10.8 Å². The predicted octanol–water partition coefficient (Wildman–Crippen LogP) is 2.05. The van der Waals surface area contributed by atoms with Gasteiger partial charge >= 0.3 is 5.97 Å². The number of aliphatic carboxylic acids is 1. The van der Waals surface area contributed by atoms with Crippen molar-refractivity contribution < 1.29 is 14.7 Å². The van der Waals surface area contributed by atoms with E-state index >= 15 is 0 Å². The molecule has 0 heterocycles. The van der Waals surface area contributed by atoms with Crippen molar-refractivity contribution in [1.82, 2.24) is 5.32 Å². The van der Waals surface area contributed by atoms with E-state index in [1.807, 2.05) is 0 Å². The van der Waals surface area contributed by atoms with Gasteiger partial charge in [-0.2, -0.15) is 0 Å². The Bertz CT molecular complexity index is 301. The van der Waals surface area contributed by atoms with Gasteiger partial charge in [-0.15, -0.1) is 0 Å². The van der Waals surface area contributed by atoms with Crippen molar-refractivity contribution in [3.05, 3.63) is 0 Å². The van der Waals surface area contributed by atoms with Crippen molar-refractivity contribution in [1.29, 1.82) is 0 Å². The zero-order chi connectivity index (χ0) is 14.8. The van der Waals surface area contributed by atoms with Gasteiger partial charge < -0.3 is 16.2 Å². The second-order valence-corrected chi connectivity index (χ2v) is 5.79. The maximum absolute atomic E-state index is 11.8. The van der Waals surface area contributed by atoms with Crippen LogP contribution in [0.4, 0.5) is 0 Å². The molecular formula is C15H28N2O3. The molecule has 1 atom stereocenters. The Kier molecular flexibility index (Phi) is 8.26. The highest BCUT2D eigenvalue weighted by molar-refractivity contribution is 5.83. The fraction of sp³-hybridized carbons (Fsp3) is 0.867. The van der Waals surface area contributed by atoms with Gasteiger partial charge in [-0.1, -0.05) is 32.1 Å². The van der Waals surface area contributed by atoms with Gasteiger partial charge in [0, 0.05) is 6.42 Å². The lowest BCUT2D eigenvalue weighted by Gasteiger charge is -2.21. The molecule has 1 fully saturated rings. The molecule has 0 saturated heterocycles. The Hall–Kier alpha value is -1.10. The molecule has 1 aliphatic rings. The van der Waals surface area contributed by atoms with Crippen LogP contribution in [0.25, 0.3) is 0 Å². The minimum absolute atomic E-state index is 0.129. The highest BCUT2D eigenvalue weighted by Crippen LogP contribution is 2.27. The average molecular weight is 284 g/mol. The Morgan fingerprint density at radius 1 is 1.20 bits per heavy atom. The van der Waals surface area contributed by atoms with Crippen LogP contribution in [0.2, 0.25) is 0 Å². The van der Waals surface area contributed by atoms with Crippen LogP contribution in [-0.2, 0) is 9.59 Å². The Balaban J connectivity index is 2.24. The number of amides is 1. The molecular weight excluding hydrogens is 256 g/mol. The second-order valence-electron chi connectivity index (χ2n) is 5.79. The van der Waals surface area contributed by atoms with E-state index in [-0.39, 0.29) is 5.91 Å². The fourth-order valence-electron chi connectivity index (χ4n) is 2.83. The van der Waals surface area contributed by atoms with E-state index in [9.17, 15) is 9.59 Å². The number of nitrogens with two attached hydrogens (primary N) is 1. The molecule has 1 aliphatic carbocycles. The van der Waals surface area contributed by atoms with E-state index in [2.05, 4.69) is 5.32 Å². The first kappa shape index (κ1) is 17.0. The molecule has 1 saturated carbocycles. The topological polar surface area (TPSA) is 92.4 Å². The minimum atomic E-state index is -0.951. The van der Waals surface area contributed by atoms with Gasteiger partial charge in [-0.05, 0) is 38.1 Å². The molecule has 20 heavy (non-hydrogen) atoms. The first-order valence-corrected chi connectivity index (χ1v) is 7.85. The summed E-state index contributed by atoms with van der Waals surface area (Å²) in [4.78, 5) is 22.9. The zero-order valence-electron chi connectivity index (χ0n) is 12.3. The minimum Gasteiger partial charge on any atom is -0.480 e. The summed E-state index contributed by atoms with van der Waals surface area (Å²) in [6.07, 6.45) is 9.60. The molecule has 5 heteroatoms. The van der Waals surface area contributed by atoms with Crippen molar-refractivity contribution in [3.8, 4) is 0 Å². The van der Waals surface area contributed by atoms with Crippen LogP contribution in [0.3, 0.4) is 0 Å². The largest absolute Gasteiger partial charge is 0.480 e. The Morgan fingerprint density at radius 3 is 2.50 bits per heavy atom. The lowest BCUT2D eigenvalue weighted by atomic mass is 9.86. The van der Waals surface area contributed by atoms with Gasteiger partial charge in [0.05, 0.1) is 0 Å². The van der Waals surface area contributed by atoms with Crippen LogP contribution in [0.1, 0.15) is 64.2 Å². The normalized spacial score (nSPS) is 17.6. The third kappa shape index (κ3) is 6.89. The van der Waals surface area contributed by atoms with Crippen molar-refractivity contribution in [2.45, 2.75) is 70.3 Å². The van der Waals surface area contributed by atoms with Gasteiger partial charge in [0.25, 0.3) is 0 Å². The lowest BCUT2D eigenvalue weighted by molar-refractivity contribution is -0.142. The van der Waals surface area contributed by atoms with Crippen molar-refractivity contribution in [2.75, 3.05) is 6.54 Å². The van der Waals surface area contributed by atoms with Gasteiger partial charge in [-0.3, -0.25) is 4.79 Å². The SMILES string of the molecule is NCCCC[C@H](NC(=O)CCC1CCCCC1)C(=O)O. The summed E-state index contributed by atoms with van der Waals surface area (Å²) < 4.78 is 0. The van der Waals surface area contributed by atoms with Crippen molar-refractivity contribution >= 4 is 11.9 Å². The van der Waals surface area contributed by atoms with Crippen LogP contribution in [0, 0.1) is 5.92 Å². The van der Waals surface area contributed by atoms with Gasteiger partial charge in [-0.25, -0.2) is 4.79 Å². The standard InChI is InChI=1S/C15H28N2O3/c16-11-5-4-8-13(15(19)20)17-14(18)10-9-12-6-2-1-3-7-12/h12-13H,1-11,16H2,(H,17,18)(H,19,20)/t13-/m0/s1. The fourth-order valence-corrected chi connectivity index (χ4v) is 2.83. The molecule has 0 aromatic rings. The number of rotatable bonds is 9. The van der Waals surface area contributed by atoms with Gasteiger partial charge in [0.2, 0.25) is 5.91 Å². The molecule has 5 nitrogen and oxygen atoms in total. The van der Waals surface area contributed by atoms with E-state index in [0.29, 0.717) is 25.3 Å². The summed E-state index contributed by atoms with van der Waals surface area (Å²) in [6.45, 7) is 0.558. The molecule has 4 N–H and O–H groups in total. The molecule has 0 aliphatic heterocycles. The van der Waals surface area contributed by atoms with Crippen LogP contribution in [0.5, 0.6) is 0 Å². The summed E-state index contributed by atoms with van der Waals surface area (Å²) in [5.74, 6) is -0.432. The third-order valence-electron chi connectivity index (χ3n) is 4.08. The maximum atomic E-state index is 11.8. The molecule has 116 valence electrons. The van der Waals surface area contributed by atoms with Crippen LogP contribution >= 0.6 is 0 Å². The number of hydrogen-bond donors (Lipinski definition) is 3. The number of carboxylic acids is 1. The lowest BCUT2D eigenvalue weighted by Crippen LogP contribution is -2.40. The molecule has 1 rings (SSSR count). The van der Waals surface area contributed by atoms with E-state index in [1.165, 1.54) is 32.1 Å². The number of carbonyl (C=O) groups excluding carboxylic acids is 1. The summed E-state index contributed by atoms with van der Waals surface area (Å²) in [5, 5.41) is 11.7. The smallest absolute Gasteiger partial charge is 0.326 e. The number of unbranched alkanes of at least 4 members (excludes halogenated alkanes) is 1. The highest BCUT2D eigenvalue weighted by Gasteiger charge is 2.20. The van der Waals surface area contributed by atoms with E-state index in [0.717, 1.165) is 19.3 Å².